The topological polar surface area (TPSA) is 30.5 Å². The molecule has 5 rings (SSSR count). The van der Waals surface area contributed by atoms with E-state index in [9.17, 15) is 0 Å². The Labute approximate surface area is 164 Å². The summed E-state index contributed by atoms with van der Waals surface area (Å²) in [5.41, 5.74) is 3.17. The van der Waals surface area contributed by atoms with E-state index >= 15 is 0 Å². The minimum Gasteiger partial charge on any atom is -0.454 e. The van der Waals surface area contributed by atoms with E-state index in [-0.39, 0.29) is 18.8 Å². The second kappa shape index (κ2) is 5.83. The Balaban J connectivity index is 1.65. The molecular formula is C19H14BrCl2NO2. The number of rotatable bonds is 1. The maximum Gasteiger partial charge on any atom is 0.231 e. The fraction of sp³-hybridized carbons (Fsp3) is 0.263. The monoisotopic (exact) mass is 437 g/mol. The van der Waals surface area contributed by atoms with Gasteiger partial charge in [-0.3, -0.25) is 0 Å². The Kier molecular flexibility index (Phi) is 3.70. The number of nitrogens with one attached hydrogen (secondary N) is 1. The highest BCUT2D eigenvalue weighted by Crippen LogP contribution is 2.55. The molecule has 0 amide bonds. The van der Waals surface area contributed by atoms with Crippen LogP contribution < -0.4 is 14.8 Å². The van der Waals surface area contributed by atoms with Crippen LogP contribution in [0.2, 0.25) is 10.0 Å². The molecule has 6 heteroatoms. The van der Waals surface area contributed by atoms with Crippen LogP contribution in [0.15, 0.2) is 40.9 Å². The molecule has 2 heterocycles. The summed E-state index contributed by atoms with van der Waals surface area (Å²) < 4.78 is 12.1. The average molecular weight is 439 g/mol. The molecule has 0 bridgehead atoms. The number of hydrogen-bond acceptors (Lipinski definition) is 3. The van der Waals surface area contributed by atoms with Crippen LogP contribution in [-0.4, -0.2) is 6.79 Å². The van der Waals surface area contributed by atoms with Crippen LogP contribution in [0, 0.1) is 5.92 Å². The zero-order chi connectivity index (χ0) is 17.1. The van der Waals surface area contributed by atoms with Crippen molar-refractivity contribution in [1.82, 2.24) is 0 Å². The fourth-order valence-corrected chi connectivity index (χ4v) is 5.18. The zero-order valence-electron chi connectivity index (χ0n) is 13.1. The first-order valence-corrected chi connectivity index (χ1v) is 9.68. The third-order valence-corrected chi connectivity index (χ3v) is 6.57. The molecule has 0 fully saturated rings. The summed E-state index contributed by atoms with van der Waals surface area (Å²) in [6.07, 6.45) is 5.48. The van der Waals surface area contributed by atoms with E-state index in [0.29, 0.717) is 10.9 Å². The van der Waals surface area contributed by atoms with Crippen LogP contribution in [-0.2, 0) is 0 Å². The fourth-order valence-electron chi connectivity index (χ4n) is 4.11. The summed E-state index contributed by atoms with van der Waals surface area (Å²) in [5.74, 6) is 2.18. The van der Waals surface area contributed by atoms with Crippen molar-refractivity contribution in [1.29, 1.82) is 0 Å². The molecule has 0 unspecified atom stereocenters. The highest BCUT2D eigenvalue weighted by molar-refractivity contribution is 9.10. The predicted molar refractivity (Wildman–Crippen MR) is 103 cm³/mol. The molecule has 2 aliphatic heterocycles. The molecule has 2 aromatic carbocycles. The smallest absolute Gasteiger partial charge is 0.231 e. The lowest BCUT2D eigenvalue weighted by Crippen LogP contribution is -2.29. The Bertz CT molecular complexity index is 915. The maximum atomic E-state index is 6.50. The van der Waals surface area contributed by atoms with Gasteiger partial charge in [0, 0.05) is 21.0 Å². The van der Waals surface area contributed by atoms with Gasteiger partial charge in [-0.15, -0.1) is 0 Å². The van der Waals surface area contributed by atoms with Gasteiger partial charge in [-0.2, -0.15) is 0 Å². The van der Waals surface area contributed by atoms with Gasteiger partial charge in [0.15, 0.2) is 11.5 Å². The number of halogens is 3. The number of ether oxygens (including phenoxy) is 2. The van der Waals surface area contributed by atoms with Crippen molar-refractivity contribution in [2.24, 2.45) is 5.92 Å². The second-order valence-electron chi connectivity index (χ2n) is 6.52. The molecule has 0 saturated heterocycles. The lowest BCUT2D eigenvalue weighted by atomic mass is 9.77. The zero-order valence-corrected chi connectivity index (χ0v) is 16.2. The molecule has 25 heavy (non-hydrogen) atoms. The minimum absolute atomic E-state index is 0.104. The third kappa shape index (κ3) is 2.38. The van der Waals surface area contributed by atoms with E-state index in [2.05, 4.69) is 39.5 Å². The molecule has 0 saturated carbocycles. The summed E-state index contributed by atoms with van der Waals surface area (Å²) in [4.78, 5) is 0. The van der Waals surface area contributed by atoms with Crippen LogP contribution >= 0.6 is 39.1 Å². The van der Waals surface area contributed by atoms with E-state index in [1.54, 1.807) is 0 Å². The van der Waals surface area contributed by atoms with Crippen molar-refractivity contribution < 1.29 is 9.47 Å². The van der Waals surface area contributed by atoms with Crippen molar-refractivity contribution in [3.63, 3.8) is 0 Å². The van der Waals surface area contributed by atoms with Crippen molar-refractivity contribution in [2.45, 2.75) is 18.4 Å². The second-order valence-corrected chi connectivity index (χ2v) is 8.19. The summed E-state index contributed by atoms with van der Waals surface area (Å²) in [5, 5.41) is 5.10. The maximum absolute atomic E-state index is 6.50. The van der Waals surface area contributed by atoms with Gasteiger partial charge in [0.05, 0.1) is 16.8 Å². The van der Waals surface area contributed by atoms with Gasteiger partial charge in [-0.1, -0.05) is 51.3 Å². The van der Waals surface area contributed by atoms with Gasteiger partial charge in [0.1, 0.15) is 0 Å². The summed E-state index contributed by atoms with van der Waals surface area (Å²) in [7, 11) is 0. The van der Waals surface area contributed by atoms with E-state index in [0.717, 1.165) is 44.2 Å². The number of benzene rings is 2. The van der Waals surface area contributed by atoms with Crippen molar-refractivity contribution in [3.05, 3.63) is 62.1 Å². The van der Waals surface area contributed by atoms with E-state index in [1.807, 2.05) is 18.2 Å². The summed E-state index contributed by atoms with van der Waals surface area (Å²) in [6.45, 7) is 0.265. The van der Waals surface area contributed by atoms with Gasteiger partial charge < -0.3 is 14.8 Å². The van der Waals surface area contributed by atoms with Gasteiger partial charge in [0.25, 0.3) is 0 Å². The first kappa shape index (κ1) is 15.9. The quantitative estimate of drug-likeness (QED) is 0.529. The van der Waals surface area contributed by atoms with Crippen molar-refractivity contribution >= 4 is 44.8 Å². The van der Waals surface area contributed by atoms with Crippen LogP contribution in [0.5, 0.6) is 11.5 Å². The summed E-state index contributed by atoms with van der Waals surface area (Å²) in [6, 6.07) is 7.87. The largest absolute Gasteiger partial charge is 0.454 e. The molecule has 3 aliphatic rings. The van der Waals surface area contributed by atoms with Crippen molar-refractivity contribution in [3.8, 4) is 11.5 Å². The first-order valence-electron chi connectivity index (χ1n) is 8.13. The SMILES string of the molecule is Clc1ccc(Cl)c2c1N[C@@H](c1cc3c(cc1Br)OCO3)[C@H]1CC=C[C@@H]21. The highest BCUT2D eigenvalue weighted by atomic mass is 79.9. The average Bonchev–Trinajstić information content (AvgIpc) is 3.25. The van der Waals surface area contributed by atoms with Crippen LogP contribution in [0.25, 0.3) is 0 Å². The molecule has 1 N–H and O–H groups in total. The van der Waals surface area contributed by atoms with Crippen molar-refractivity contribution in [2.75, 3.05) is 12.1 Å². The van der Waals surface area contributed by atoms with Gasteiger partial charge >= 0.3 is 0 Å². The molecular weight excluding hydrogens is 425 g/mol. The first-order chi connectivity index (χ1) is 12.1. The normalized spacial score (nSPS) is 25.5. The number of hydrogen-bond donors (Lipinski definition) is 1. The lowest BCUT2D eigenvalue weighted by molar-refractivity contribution is 0.174. The molecule has 0 aromatic heterocycles. The van der Waals surface area contributed by atoms with Crippen LogP contribution in [0.1, 0.15) is 29.5 Å². The Morgan fingerprint density at radius 2 is 1.84 bits per heavy atom. The molecule has 128 valence electrons. The number of allylic oxidation sites excluding steroid dienone is 2. The summed E-state index contributed by atoms with van der Waals surface area (Å²) >= 11 is 16.7. The van der Waals surface area contributed by atoms with Crippen LogP contribution in [0.3, 0.4) is 0 Å². The molecule has 3 nitrogen and oxygen atoms in total. The van der Waals surface area contributed by atoms with Gasteiger partial charge in [-0.25, -0.2) is 0 Å². The Hall–Kier alpha value is -1.36. The standard InChI is InChI=1S/C19H14BrCl2NO2/c20-12-7-16-15(24-8-25-16)6-11(12)18-10-3-1-2-9(10)17-13(21)4-5-14(22)19(17)23-18/h1-2,4-7,9-10,18,23H,3,8H2/t9-,10+,18-/m1/s1. The minimum atomic E-state index is 0.104. The Morgan fingerprint density at radius 1 is 1.08 bits per heavy atom. The number of fused-ring (bicyclic) bond motifs is 4. The molecule has 3 atom stereocenters. The van der Waals surface area contributed by atoms with Crippen LogP contribution in [0.4, 0.5) is 5.69 Å². The lowest BCUT2D eigenvalue weighted by Gasteiger charge is -2.38. The van der Waals surface area contributed by atoms with E-state index < -0.39 is 0 Å². The highest BCUT2D eigenvalue weighted by Gasteiger charge is 2.41. The van der Waals surface area contributed by atoms with Gasteiger partial charge in [0.2, 0.25) is 6.79 Å². The molecule has 0 spiro atoms. The third-order valence-electron chi connectivity index (χ3n) is 5.24. The Morgan fingerprint density at radius 3 is 2.68 bits per heavy atom. The molecule has 2 aromatic rings. The van der Waals surface area contributed by atoms with Gasteiger partial charge in [-0.05, 0) is 42.2 Å². The molecule has 0 radical (unpaired) electrons. The predicted octanol–water partition coefficient (Wildman–Crippen LogP) is 6.31. The number of anilines is 1. The van der Waals surface area contributed by atoms with E-state index in [4.69, 9.17) is 32.7 Å². The van der Waals surface area contributed by atoms with E-state index in [1.165, 1.54) is 0 Å². The molecule has 1 aliphatic carbocycles.